The van der Waals surface area contributed by atoms with E-state index in [1.807, 2.05) is 18.2 Å². The van der Waals surface area contributed by atoms with Gasteiger partial charge in [0, 0.05) is 25.0 Å². The number of nitrogens with one attached hydrogen (secondary N) is 1. The van der Waals surface area contributed by atoms with Crippen molar-refractivity contribution in [3.8, 4) is 0 Å². The van der Waals surface area contributed by atoms with E-state index < -0.39 is 12.2 Å². The number of benzene rings is 2. The molecular formula is C24H32N2O2. The van der Waals surface area contributed by atoms with Crippen LogP contribution in [0, 0.1) is 0 Å². The van der Waals surface area contributed by atoms with Crippen LogP contribution in [0.3, 0.4) is 0 Å². The molecule has 2 aromatic carbocycles. The van der Waals surface area contributed by atoms with E-state index in [1.165, 1.54) is 11.1 Å². The largest absolute Gasteiger partial charge is 0.391 e. The Hall–Kier alpha value is -1.72. The van der Waals surface area contributed by atoms with Gasteiger partial charge in [0.05, 0.1) is 12.2 Å². The SMILES string of the molecule is O[C@@H]1C[C@@H](O)[C@H](NCc2ccccc2)C[C@H]1N1CCC(c2ccccc2)CC1. The van der Waals surface area contributed by atoms with Crippen LogP contribution in [0.15, 0.2) is 60.7 Å². The lowest BCUT2D eigenvalue weighted by atomic mass is 9.82. The van der Waals surface area contributed by atoms with Gasteiger partial charge in [-0.1, -0.05) is 60.7 Å². The number of nitrogens with zero attached hydrogens (tertiary/aromatic N) is 1. The molecule has 0 unspecified atom stereocenters. The minimum absolute atomic E-state index is 0.0282. The molecule has 2 fully saturated rings. The molecule has 0 aromatic heterocycles. The lowest BCUT2D eigenvalue weighted by Crippen LogP contribution is -2.57. The van der Waals surface area contributed by atoms with E-state index in [4.69, 9.17) is 0 Å². The minimum Gasteiger partial charge on any atom is -0.391 e. The Morgan fingerprint density at radius 1 is 0.821 bits per heavy atom. The van der Waals surface area contributed by atoms with Crippen LogP contribution in [-0.4, -0.2) is 52.5 Å². The maximum atomic E-state index is 10.6. The second kappa shape index (κ2) is 9.19. The number of aliphatic hydroxyl groups is 2. The zero-order valence-corrected chi connectivity index (χ0v) is 16.5. The second-order valence-electron chi connectivity index (χ2n) is 8.37. The van der Waals surface area contributed by atoms with Crippen LogP contribution in [0.25, 0.3) is 0 Å². The van der Waals surface area contributed by atoms with E-state index in [9.17, 15) is 10.2 Å². The molecule has 2 aliphatic rings. The summed E-state index contributed by atoms with van der Waals surface area (Å²) in [5.41, 5.74) is 2.66. The minimum atomic E-state index is -0.489. The molecule has 3 N–H and O–H groups in total. The summed E-state index contributed by atoms with van der Waals surface area (Å²) in [5, 5.41) is 24.7. The summed E-state index contributed by atoms with van der Waals surface area (Å²) in [5.74, 6) is 0.621. The van der Waals surface area contributed by atoms with Crippen LogP contribution in [0.1, 0.15) is 42.7 Å². The van der Waals surface area contributed by atoms with Gasteiger partial charge in [-0.2, -0.15) is 0 Å². The van der Waals surface area contributed by atoms with E-state index in [-0.39, 0.29) is 12.1 Å². The molecule has 1 aliphatic heterocycles. The van der Waals surface area contributed by atoms with Crippen LogP contribution in [0.2, 0.25) is 0 Å². The predicted molar refractivity (Wildman–Crippen MR) is 112 cm³/mol. The van der Waals surface area contributed by atoms with Crippen molar-refractivity contribution in [1.82, 2.24) is 10.2 Å². The molecule has 4 atom stereocenters. The molecular weight excluding hydrogens is 348 g/mol. The fourth-order valence-electron chi connectivity index (χ4n) is 4.89. The highest BCUT2D eigenvalue weighted by molar-refractivity contribution is 5.20. The fraction of sp³-hybridized carbons (Fsp3) is 0.500. The summed E-state index contributed by atoms with van der Waals surface area (Å²) in [6, 6.07) is 21.2. The smallest absolute Gasteiger partial charge is 0.0721 e. The molecule has 150 valence electrons. The van der Waals surface area contributed by atoms with Crippen molar-refractivity contribution < 1.29 is 10.2 Å². The Bertz CT molecular complexity index is 716. The van der Waals surface area contributed by atoms with Gasteiger partial charge in [0.2, 0.25) is 0 Å². The number of likely N-dealkylation sites (tertiary alicyclic amines) is 1. The van der Waals surface area contributed by atoms with Crippen LogP contribution in [0.5, 0.6) is 0 Å². The fourth-order valence-corrected chi connectivity index (χ4v) is 4.89. The van der Waals surface area contributed by atoms with Crippen molar-refractivity contribution in [2.45, 2.75) is 62.4 Å². The number of piperidine rings is 1. The maximum absolute atomic E-state index is 10.6. The van der Waals surface area contributed by atoms with Gasteiger partial charge < -0.3 is 15.5 Å². The Labute approximate surface area is 168 Å². The van der Waals surface area contributed by atoms with Gasteiger partial charge in [-0.25, -0.2) is 0 Å². The molecule has 4 nitrogen and oxygen atoms in total. The van der Waals surface area contributed by atoms with Crippen molar-refractivity contribution in [1.29, 1.82) is 0 Å². The number of rotatable bonds is 5. The van der Waals surface area contributed by atoms with Crippen LogP contribution in [-0.2, 0) is 6.54 Å². The standard InChI is InChI=1S/C24H32N2O2/c27-23-16-24(28)22(15-21(23)25-17-18-7-3-1-4-8-18)26-13-11-20(12-14-26)19-9-5-2-6-10-19/h1-10,20-25,27-28H,11-17H2/t21-,22-,23-,24-/m1/s1. The Balaban J connectivity index is 1.33. The quantitative estimate of drug-likeness (QED) is 0.747. The van der Waals surface area contributed by atoms with Gasteiger partial charge in [0.15, 0.2) is 0 Å². The summed E-state index contributed by atoms with van der Waals surface area (Å²) in [7, 11) is 0. The summed E-state index contributed by atoms with van der Waals surface area (Å²) in [4.78, 5) is 2.45. The van der Waals surface area contributed by atoms with Gasteiger partial charge in [-0.05, 0) is 49.4 Å². The lowest BCUT2D eigenvalue weighted by Gasteiger charge is -2.45. The first-order valence-electron chi connectivity index (χ1n) is 10.6. The molecule has 28 heavy (non-hydrogen) atoms. The average molecular weight is 381 g/mol. The van der Waals surface area contributed by atoms with Gasteiger partial charge >= 0.3 is 0 Å². The lowest BCUT2D eigenvalue weighted by molar-refractivity contribution is -0.0489. The van der Waals surface area contributed by atoms with E-state index in [2.05, 4.69) is 52.7 Å². The van der Waals surface area contributed by atoms with Crippen molar-refractivity contribution >= 4 is 0 Å². The van der Waals surface area contributed by atoms with E-state index in [0.717, 1.165) is 38.9 Å². The predicted octanol–water partition coefficient (Wildman–Crippen LogP) is 2.91. The summed E-state index contributed by atoms with van der Waals surface area (Å²) in [6.45, 7) is 2.78. The molecule has 2 aromatic rings. The van der Waals surface area contributed by atoms with Crippen LogP contribution < -0.4 is 5.32 Å². The highest BCUT2D eigenvalue weighted by atomic mass is 16.3. The Kier molecular flexibility index (Phi) is 6.43. The highest BCUT2D eigenvalue weighted by Gasteiger charge is 2.39. The first-order chi connectivity index (χ1) is 13.7. The van der Waals surface area contributed by atoms with Crippen molar-refractivity contribution in [2.75, 3.05) is 13.1 Å². The van der Waals surface area contributed by atoms with Gasteiger partial charge in [0.25, 0.3) is 0 Å². The molecule has 1 saturated carbocycles. The van der Waals surface area contributed by atoms with E-state index in [0.29, 0.717) is 12.3 Å². The molecule has 0 bridgehead atoms. The number of aliphatic hydroxyl groups excluding tert-OH is 2. The number of hydrogen-bond donors (Lipinski definition) is 3. The zero-order chi connectivity index (χ0) is 19.3. The molecule has 0 amide bonds. The average Bonchev–Trinajstić information content (AvgIpc) is 2.75. The molecule has 1 saturated heterocycles. The summed E-state index contributed by atoms with van der Waals surface area (Å²) in [6.07, 6.45) is 2.59. The first kappa shape index (κ1) is 19.6. The first-order valence-corrected chi connectivity index (χ1v) is 10.6. The van der Waals surface area contributed by atoms with Gasteiger partial charge in [-0.15, -0.1) is 0 Å². The third-order valence-corrected chi connectivity index (χ3v) is 6.57. The van der Waals surface area contributed by atoms with Crippen molar-refractivity contribution in [2.24, 2.45) is 0 Å². The molecule has 4 rings (SSSR count). The van der Waals surface area contributed by atoms with E-state index in [1.54, 1.807) is 0 Å². The summed E-state index contributed by atoms with van der Waals surface area (Å²) < 4.78 is 0. The van der Waals surface area contributed by atoms with Gasteiger partial charge in [-0.3, -0.25) is 4.90 Å². The highest BCUT2D eigenvalue weighted by Crippen LogP contribution is 2.32. The molecule has 1 heterocycles. The van der Waals surface area contributed by atoms with Crippen LogP contribution in [0.4, 0.5) is 0 Å². The third-order valence-electron chi connectivity index (χ3n) is 6.57. The topological polar surface area (TPSA) is 55.7 Å². The monoisotopic (exact) mass is 380 g/mol. The van der Waals surface area contributed by atoms with Crippen LogP contribution >= 0.6 is 0 Å². The summed E-state index contributed by atoms with van der Waals surface area (Å²) >= 11 is 0. The Morgan fingerprint density at radius 3 is 2.14 bits per heavy atom. The number of hydrogen-bond acceptors (Lipinski definition) is 4. The van der Waals surface area contributed by atoms with Crippen molar-refractivity contribution in [3.63, 3.8) is 0 Å². The maximum Gasteiger partial charge on any atom is 0.0721 e. The second-order valence-corrected chi connectivity index (χ2v) is 8.37. The Morgan fingerprint density at radius 2 is 1.46 bits per heavy atom. The third kappa shape index (κ3) is 4.64. The normalized spacial score (nSPS) is 29.6. The van der Waals surface area contributed by atoms with Gasteiger partial charge in [0.1, 0.15) is 0 Å². The van der Waals surface area contributed by atoms with E-state index >= 15 is 0 Å². The molecule has 0 spiro atoms. The zero-order valence-electron chi connectivity index (χ0n) is 16.5. The molecule has 0 radical (unpaired) electrons. The molecule has 1 aliphatic carbocycles. The van der Waals surface area contributed by atoms with Crippen molar-refractivity contribution in [3.05, 3.63) is 71.8 Å². The molecule has 4 heteroatoms.